The molecule has 0 unspecified atom stereocenters. The van der Waals surface area contributed by atoms with E-state index in [1.807, 2.05) is 0 Å². The topological polar surface area (TPSA) is 12.4 Å². The van der Waals surface area contributed by atoms with Crippen LogP contribution in [0.5, 0.6) is 0 Å². The van der Waals surface area contributed by atoms with Crippen molar-refractivity contribution < 1.29 is 0 Å². The van der Waals surface area contributed by atoms with E-state index in [9.17, 15) is 0 Å². The second-order valence-corrected chi connectivity index (χ2v) is 2.19. The number of allylic oxidation sites excluding steroid dienone is 2. The Bertz CT molecular complexity index is 158. The number of hydrogen-bond acceptors (Lipinski definition) is 1. The Morgan fingerprint density at radius 3 is 2.44 bits per heavy atom. The highest BCUT2D eigenvalue weighted by atomic mass is 35.5. The summed E-state index contributed by atoms with van der Waals surface area (Å²) in [5.41, 5.74) is 0. The highest BCUT2D eigenvalue weighted by molar-refractivity contribution is 6.39. The molecule has 3 heteroatoms. The molecule has 50 valence electrons. The highest BCUT2D eigenvalue weighted by Gasteiger charge is 1.80. The fourth-order valence-corrected chi connectivity index (χ4v) is 0.304. The van der Waals surface area contributed by atoms with Crippen LogP contribution in [0.1, 0.15) is 6.92 Å². The van der Waals surface area contributed by atoms with Gasteiger partial charge in [0, 0.05) is 6.21 Å². The molecular formula is C6H7Cl2N. The van der Waals surface area contributed by atoms with Crippen molar-refractivity contribution in [3.8, 4) is 0 Å². The van der Waals surface area contributed by atoms with Crippen LogP contribution in [0.15, 0.2) is 27.8 Å². The van der Waals surface area contributed by atoms with Gasteiger partial charge in [-0.25, -0.2) is 4.99 Å². The van der Waals surface area contributed by atoms with Gasteiger partial charge in [-0.05, 0) is 6.92 Å². The lowest BCUT2D eigenvalue weighted by Crippen LogP contribution is -1.69. The number of aliphatic imine (C=N–C) groups is 1. The molecule has 0 bridgehead atoms. The van der Waals surface area contributed by atoms with Crippen molar-refractivity contribution in [2.24, 2.45) is 4.99 Å². The summed E-state index contributed by atoms with van der Waals surface area (Å²) in [7, 11) is 0. The predicted molar refractivity (Wildman–Crippen MR) is 43.1 cm³/mol. The van der Waals surface area contributed by atoms with Crippen LogP contribution in [0.2, 0.25) is 0 Å². The molecule has 0 saturated carbocycles. The van der Waals surface area contributed by atoms with Gasteiger partial charge in [0.1, 0.15) is 5.16 Å². The summed E-state index contributed by atoms with van der Waals surface area (Å²) in [6.07, 6.45) is 3.06. The molecule has 0 amide bonds. The van der Waals surface area contributed by atoms with E-state index >= 15 is 0 Å². The maximum atomic E-state index is 5.47. The lowest BCUT2D eigenvalue weighted by molar-refractivity contribution is 1.49. The van der Waals surface area contributed by atoms with Gasteiger partial charge in [0.05, 0.1) is 5.03 Å². The molecule has 1 nitrogen and oxygen atoms in total. The van der Waals surface area contributed by atoms with Gasteiger partial charge in [-0.2, -0.15) is 0 Å². The van der Waals surface area contributed by atoms with E-state index in [0.29, 0.717) is 10.2 Å². The normalized spacial score (nSPS) is 12.6. The summed E-state index contributed by atoms with van der Waals surface area (Å²) >= 11 is 10.8. The van der Waals surface area contributed by atoms with Crippen molar-refractivity contribution in [1.29, 1.82) is 0 Å². The van der Waals surface area contributed by atoms with Crippen LogP contribution in [0.4, 0.5) is 0 Å². The van der Waals surface area contributed by atoms with Crippen LogP contribution in [0.3, 0.4) is 0 Å². The lowest BCUT2D eigenvalue weighted by Gasteiger charge is -1.83. The van der Waals surface area contributed by atoms with E-state index in [-0.39, 0.29) is 0 Å². The molecule has 0 aromatic carbocycles. The van der Waals surface area contributed by atoms with Crippen molar-refractivity contribution in [2.45, 2.75) is 6.92 Å². The Kier molecular flexibility index (Phi) is 4.46. The van der Waals surface area contributed by atoms with Gasteiger partial charge in [-0.3, -0.25) is 0 Å². The second kappa shape index (κ2) is 4.59. The van der Waals surface area contributed by atoms with Crippen LogP contribution in [-0.2, 0) is 0 Å². The fraction of sp³-hybridized carbons (Fsp3) is 0.167. The Hall–Kier alpha value is -0.270. The minimum atomic E-state index is 0.370. The van der Waals surface area contributed by atoms with Gasteiger partial charge < -0.3 is 0 Å². The molecule has 0 saturated heterocycles. The molecule has 9 heavy (non-hydrogen) atoms. The molecule has 0 radical (unpaired) electrons. The quantitative estimate of drug-likeness (QED) is 0.439. The molecule has 0 aromatic rings. The van der Waals surface area contributed by atoms with E-state index in [1.54, 1.807) is 13.0 Å². The van der Waals surface area contributed by atoms with Gasteiger partial charge in [-0.15, -0.1) is 0 Å². The zero-order valence-electron chi connectivity index (χ0n) is 5.06. The molecule has 0 aliphatic heterocycles. The molecule has 0 heterocycles. The summed E-state index contributed by atoms with van der Waals surface area (Å²) in [6, 6.07) is 0. The molecule has 0 aromatic heterocycles. The molecule has 0 rings (SSSR count). The molecule has 0 aliphatic carbocycles. The SMILES string of the molecule is C=C(Cl)/C=N\C(Cl)=C/C. The first-order valence-corrected chi connectivity index (χ1v) is 3.12. The third kappa shape index (κ3) is 5.60. The predicted octanol–water partition coefficient (Wildman–Crippen LogP) is 2.91. The first-order valence-electron chi connectivity index (χ1n) is 2.37. The molecule has 0 fully saturated rings. The number of hydrogen-bond donors (Lipinski definition) is 0. The Balaban J connectivity index is 3.86. The fourth-order valence-electron chi connectivity index (χ4n) is 0.206. The Morgan fingerprint density at radius 2 is 2.11 bits per heavy atom. The Labute approximate surface area is 64.7 Å². The highest BCUT2D eigenvalue weighted by Crippen LogP contribution is 2.02. The van der Waals surface area contributed by atoms with E-state index in [0.717, 1.165) is 0 Å². The molecule has 0 N–H and O–H groups in total. The minimum absolute atomic E-state index is 0.370. The largest absolute Gasteiger partial charge is 0.243 e. The number of nitrogens with zero attached hydrogens (tertiary/aromatic N) is 1. The summed E-state index contributed by atoms with van der Waals surface area (Å²) in [5.74, 6) is 0. The zero-order valence-corrected chi connectivity index (χ0v) is 6.58. The Morgan fingerprint density at radius 1 is 1.56 bits per heavy atom. The number of halogens is 2. The average molecular weight is 164 g/mol. The molecule has 0 atom stereocenters. The van der Waals surface area contributed by atoms with Gasteiger partial charge in [0.25, 0.3) is 0 Å². The van der Waals surface area contributed by atoms with E-state index in [1.165, 1.54) is 6.21 Å². The van der Waals surface area contributed by atoms with Crippen molar-refractivity contribution in [3.63, 3.8) is 0 Å². The van der Waals surface area contributed by atoms with Gasteiger partial charge >= 0.3 is 0 Å². The molecular weight excluding hydrogens is 157 g/mol. The summed E-state index contributed by atoms with van der Waals surface area (Å²) in [4.78, 5) is 3.71. The van der Waals surface area contributed by atoms with Crippen molar-refractivity contribution in [2.75, 3.05) is 0 Å². The van der Waals surface area contributed by atoms with Crippen LogP contribution in [0.25, 0.3) is 0 Å². The number of rotatable bonds is 2. The van der Waals surface area contributed by atoms with Crippen molar-refractivity contribution >= 4 is 29.4 Å². The average Bonchev–Trinajstić information content (AvgIpc) is 1.83. The van der Waals surface area contributed by atoms with Crippen LogP contribution >= 0.6 is 23.2 Å². The third-order valence-electron chi connectivity index (χ3n) is 0.566. The molecule has 0 aliphatic rings. The lowest BCUT2D eigenvalue weighted by atomic mass is 10.6. The first-order chi connectivity index (χ1) is 4.16. The minimum Gasteiger partial charge on any atom is -0.243 e. The van der Waals surface area contributed by atoms with E-state index < -0.39 is 0 Å². The summed E-state index contributed by atoms with van der Waals surface area (Å²) < 4.78 is 0. The first kappa shape index (κ1) is 8.73. The maximum Gasteiger partial charge on any atom is 0.124 e. The van der Waals surface area contributed by atoms with Crippen LogP contribution in [0, 0.1) is 0 Å². The van der Waals surface area contributed by atoms with Crippen molar-refractivity contribution in [3.05, 3.63) is 22.8 Å². The summed E-state index contributed by atoms with van der Waals surface area (Å²) in [5, 5.41) is 0.784. The van der Waals surface area contributed by atoms with Gasteiger partial charge in [-0.1, -0.05) is 35.9 Å². The third-order valence-corrected chi connectivity index (χ3v) is 0.980. The smallest absolute Gasteiger partial charge is 0.124 e. The van der Waals surface area contributed by atoms with Gasteiger partial charge in [0.15, 0.2) is 0 Å². The van der Waals surface area contributed by atoms with Crippen LogP contribution < -0.4 is 0 Å². The molecule has 0 spiro atoms. The van der Waals surface area contributed by atoms with E-state index in [4.69, 9.17) is 23.2 Å². The zero-order chi connectivity index (χ0) is 7.28. The second-order valence-electron chi connectivity index (χ2n) is 1.32. The monoisotopic (exact) mass is 163 g/mol. The van der Waals surface area contributed by atoms with E-state index in [2.05, 4.69) is 11.6 Å². The summed E-state index contributed by atoms with van der Waals surface area (Å²) in [6.45, 7) is 5.18. The van der Waals surface area contributed by atoms with Crippen molar-refractivity contribution in [1.82, 2.24) is 0 Å². The standard InChI is InChI=1S/C6H7Cl2N/c1-3-6(8)9-4-5(2)7/h3-4H,2H2,1H3/b6-3-,9-4-. The van der Waals surface area contributed by atoms with Gasteiger partial charge in [0.2, 0.25) is 0 Å². The maximum absolute atomic E-state index is 5.47. The van der Waals surface area contributed by atoms with Crippen LogP contribution in [-0.4, -0.2) is 6.21 Å².